The van der Waals surface area contributed by atoms with E-state index < -0.39 is 23.6 Å². The smallest absolute Gasteiger partial charge is 0.310 e. The molecule has 0 rings (SSSR count). The molecule has 0 aliphatic rings. The Hall–Kier alpha value is -0.640. The molecule has 0 aromatic carbocycles. The van der Waals surface area contributed by atoms with Crippen molar-refractivity contribution in [1.29, 1.82) is 0 Å². The summed E-state index contributed by atoms with van der Waals surface area (Å²) in [6, 6.07) is 0. The molecule has 0 aliphatic carbocycles. The van der Waals surface area contributed by atoms with Crippen molar-refractivity contribution in [3.05, 3.63) is 0 Å². The maximum absolute atomic E-state index is 11.9. The van der Waals surface area contributed by atoms with Crippen molar-refractivity contribution in [1.82, 2.24) is 5.32 Å². The van der Waals surface area contributed by atoms with Gasteiger partial charge in [0.1, 0.15) is 6.67 Å². The summed E-state index contributed by atoms with van der Waals surface area (Å²) in [5.74, 6) is -0.885. The Kier molecular flexibility index (Phi) is 3.85. The number of alkyl halides is 1. The molecule has 0 unspecified atom stereocenters. The molecule has 0 heterocycles. The SMILES string of the molecule is CC(C)(NCCF)C(C)(C)C(=O)O. The molecule has 2 N–H and O–H groups in total. The van der Waals surface area contributed by atoms with Gasteiger partial charge in [-0.1, -0.05) is 0 Å². The van der Waals surface area contributed by atoms with Crippen molar-refractivity contribution in [3.63, 3.8) is 0 Å². The topological polar surface area (TPSA) is 49.3 Å². The second kappa shape index (κ2) is 4.05. The van der Waals surface area contributed by atoms with Gasteiger partial charge in [-0.3, -0.25) is 4.79 Å². The second-order valence-electron chi connectivity index (χ2n) is 4.17. The summed E-state index contributed by atoms with van der Waals surface area (Å²) in [7, 11) is 0. The fraction of sp³-hybridized carbons (Fsp3) is 0.889. The van der Waals surface area contributed by atoms with Crippen LogP contribution >= 0.6 is 0 Å². The van der Waals surface area contributed by atoms with E-state index in [4.69, 9.17) is 5.11 Å². The number of carboxylic acid groups (broad SMARTS) is 1. The van der Waals surface area contributed by atoms with Gasteiger partial charge < -0.3 is 10.4 Å². The molecule has 0 fully saturated rings. The van der Waals surface area contributed by atoms with Gasteiger partial charge in [0.05, 0.1) is 5.41 Å². The average Bonchev–Trinajstić information content (AvgIpc) is 2.00. The minimum atomic E-state index is -0.915. The van der Waals surface area contributed by atoms with Crippen LogP contribution < -0.4 is 5.32 Å². The molecule has 0 saturated carbocycles. The van der Waals surface area contributed by atoms with Gasteiger partial charge in [0.15, 0.2) is 0 Å². The number of hydrogen-bond donors (Lipinski definition) is 2. The quantitative estimate of drug-likeness (QED) is 0.691. The highest BCUT2D eigenvalue weighted by Crippen LogP contribution is 2.30. The third-order valence-electron chi connectivity index (χ3n) is 2.76. The zero-order valence-corrected chi connectivity index (χ0v) is 8.65. The first-order valence-corrected chi connectivity index (χ1v) is 4.30. The standard InChI is InChI=1S/C9H18FNO2/c1-8(2,7(12)13)9(3,4)11-6-5-10/h11H,5-6H2,1-4H3,(H,12,13). The van der Waals surface area contributed by atoms with E-state index in [1.807, 2.05) is 0 Å². The molecular weight excluding hydrogens is 173 g/mol. The molecule has 4 heteroatoms. The van der Waals surface area contributed by atoms with Crippen LogP contribution in [0.2, 0.25) is 0 Å². The summed E-state index contributed by atoms with van der Waals surface area (Å²) in [4.78, 5) is 10.9. The Balaban J connectivity index is 4.50. The van der Waals surface area contributed by atoms with Crippen LogP contribution in [0.1, 0.15) is 27.7 Å². The lowest BCUT2D eigenvalue weighted by Crippen LogP contribution is -2.55. The number of carbonyl (C=O) groups is 1. The number of carboxylic acids is 1. The van der Waals surface area contributed by atoms with Crippen molar-refractivity contribution in [2.45, 2.75) is 33.2 Å². The molecule has 0 atom stereocenters. The number of nitrogens with one attached hydrogen (secondary N) is 1. The Labute approximate surface area is 78.3 Å². The van der Waals surface area contributed by atoms with Crippen LogP contribution in [0, 0.1) is 5.41 Å². The minimum Gasteiger partial charge on any atom is -0.481 e. The normalized spacial score (nSPS) is 13.0. The summed E-state index contributed by atoms with van der Waals surface area (Å²) >= 11 is 0. The molecule has 0 spiro atoms. The maximum atomic E-state index is 11.9. The van der Waals surface area contributed by atoms with Crippen molar-refractivity contribution in [2.24, 2.45) is 5.41 Å². The van der Waals surface area contributed by atoms with Crippen LogP contribution in [0.4, 0.5) is 4.39 Å². The molecule has 0 aromatic heterocycles. The zero-order valence-electron chi connectivity index (χ0n) is 8.65. The number of rotatable bonds is 5. The average molecular weight is 191 g/mol. The minimum absolute atomic E-state index is 0.184. The van der Waals surface area contributed by atoms with Crippen molar-refractivity contribution in [3.8, 4) is 0 Å². The van der Waals surface area contributed by atoms with E-state index in [1.165, 1.54) is 0 Å². The van der Waals surface area contributed by atoms with E-state index in [0.717, 1.165) is 0 Å². The van der Waals surface area contributed by atoms with E-state index in [2.05, 4.69) is 5.32 Å². The first-order chi connectivity index (χ1) is 5.75. The van der Waals surface area contributed by atoms with Gasteiger partial charge in [0.25, 0.3) is 0 Å². The largest absolute Gasteiger partial charge is 0.481 e. The van der Waals surface area contributed by atoms with Gasteiger partial charge in [-0.15, -0.1) is 0 Å². The Morgan fingerprint density at radius 1 is 1.38 bits per heavy atom. The summed E-state index contributed by atoms with van der Waals surface area (Å²) in [6.07, 6.45) is 0. The van der Waals surface area contributed by atoms with Crippen LogP contribution in [0.25, 0.3) is 0 Å². The van der Waals surface area contributed by atoms with Crippen LogP contribution in [0.15, 0.2) is 0 Å². The van der Waals surface area contributed by atoms with Crippen molar-refractivity contribution in [2.75, 3.05) is 13.2 Å². The summed E-state index contributed by atoms with van der Waals surface area (Å²) in [5, 5.41) is 11.8. The number of hydrogen-bond acceptors (Lipinski definition) is 2. The highest BCUT2D eigenvalue weighted by molar-refractivity contribution is 5.75. The summed E-state index contributed by atoms with van der Waals surface area (Å²) in [5.41, 5.74) is -1.53. The Morgan fingerprint density at radius 3 is 2.15 bits per heavy atom. The summed E-state index contributed by atoms with van der Waals surface area (Å²) in [6.45, 7) is 6.47. The van der Waals surface area contributed by atoms with Crippen LogP contribution in [-0.4, -0.2) is 29.8 Å². The number of aliphatic carboxylic acids is 1. The molecule has 3 nitrogen and oxygen atoms in total. The molecule has 0 saturated heterocycles. The van der Waals surface area contributed by atoms with Crippen molar-refractivity contribution >= 4 is 5.97 Å². The first-order valence-electron chi connectivity index (χ1n) is 4.30. The zero-order chi connectivity index (χ0) is 10.7. The molecular formula is C9H18FNO2. The van der Waals surface area contributed by atoms with Gasteiger partial charge >= 0.3 is 5.97 Å². The first kappa shape index (κ1) is 12.4. The van der Waals surface area contributed by atoms with Gasteiger partial charge in [-0.05, 0) is 27.7 Å². The predicted octanol–water partition coefficient (Wildman–Crippen LogP) is 1.43. The molecule has 0 bridgehead atoms. The predicted molar refractivity (Wildman–Crippen MR) is 49.5 cm³/mol. The van der Waals surface area contributed by atoms with Gasteiger partial charge in [-0.25, -0.2) is 4.39 Å². The maximum Gasteiger partial charge on any atom is 0.310 e. The summed E-state index contributed by atoms with van der Waals surface area (Å²) < 4.78 is 11.9. The van der Waals surface area contributed by atoms with Crippen LogP contribution in [-0.2, 0) is 4.79 Å². The third-order valence-corrected chi connectivity index (χ3v) is 2.76. The Morgan fingerprint density at radius 2 is 1.85 bits per heavy atom. The molecule has 0 aliphatic heterocycles. The highest BCUT2D eigenvalue weighted by atomic mass is 19.1. The van der Waals surface area contributed by atoms with E-state index in [0.29, 0.717) is 0 Å². The Bertz CT molecular complexity index is 190. The van der Waals surface area contributed by atoms with E-state index in [-0.39, 0.29) is 6.54 Å². The molecule has 0 radical (unpaired) electrons. The molecule has 0 amide bonds. The van der Waals surface area contributed by atoms with Gasteiger partial charge in [0.2, 0.25) is 0 Å². The fourth-order valence-electron chi connectivity index (χ4n) is 0.848. The van der Waals surface area contributed by atoms with Gasteiger partial charge in [0, 0.05) is 12.1 Å². The van der Waals surface area contributed by atoms with E-state index >= 15 is 0 Å². The monoisotopic (exact) mass is 191 g/mol. The van der Waals surface area contributed by atoms with Crippen LogP contribution in [0.3, 0.4) is 0 Å². The molecule has 0 aromatic rings. The lowest BCUT2D eigenvalue weighted by Gasteiger charge is -2.38. The highest BCUT2D eigenvalue weighted by Gasteiger charge is 2.42. The lowest BCUT2D eigenvalue weighted by atomic mass is 9.74. The lowest BCUT2D eigenvalue weighted by molar-refractivity contribution is -0.151. The fourth-order valence-corrected chi connectivity index (χ4v) is 0.848. The van der Waals surface area contributed by atoms with Crippen LogP contribution in [0.5, 0.6) is 0 Å². The van der Waals surface area contributed by atoms with E-state index in [9.17, 15) is 9.18 Å². The van der Waals surface area contributed by atoms with Crippen molar-refractivity contribution < 1.29 is 14.3 Å². The third kappa shape index (κ3) is 2.66. The molecule has 78 valence electrons. The van der Waals surface area contributed by atoms with E-state index in [1.54, 1.807) is 27.7 Å². The molecule has 13 heavy (non-hydrogen) atoms. The second-order valence-corrected chi connectivity index (χ2v) is 4.17. The number of halogens is 1. The van der Waals surface area contributed by atoms with Gasteiger partial charge in [-0.2, -0.15) is 0 Å².